The fourth-order valence-electron chi connectivity index (χ4n) is 7.65. The largest absolute Gasteiger partial charge is 0.497 e. The minimum Gasteiger partial charge on any atom is -0.497 e. The Morgan fingerprint density at radius 2 is 1.73 bits per heavy atom. The van der Waals surface area contributed by atoms with Crippen LogP contribution in [0.15, 0.2) is 18.2 Å². The van der Waals surface area contributed by atoms with Crippen molar-refractivity contribution in [3.63, 3.8) is 0 Å². The molecule has 3 fully saturated rings. The van der Waals surface area contributed by atoms with Crippen LogP contribution >= 0.6 is 0 Å². The van der Waals surface area contributed by atoms with Crippen LogP contribution in [-0.4, -0.2) is 85.2 Å². The summed E-state index contributed by atoms with van der Waals surface area (Å²) in [5.74, 6) is 0.541. The standard InChI is InChI=1S/C30H45N3O8/c1-18(35)31-19-9-11-33(16-19)27(37)15-23-24(36)6-7-25-29(23,2)10-8-26(30(25,3)17-34)41-28(38)32-20-12-21(39-4)14-22(13-20)40-5/h12-14,19,23-26,34,36H,6-11,15-17H2,1-5H3,(H,31,35)(H,32,38)/t19-,23+,24+,25+,26+,29-,30-/m0/s1. The van der Waals surface area contributed by atoms with Gasteiger partial charge < -0.3 is 34.6 Å². The van der Waals surface area contributed by atoms with E-state index in [1.165, 1.54) is 21.1 Å². The molecule has 41 heavy (non-hydrogen) atoms. The Bertz CT molecular complexity index is 1110. The second kappa shape index (κ2) is 12.4. The first kappa shape index (κ1) is 30.9. The number of anilines is 1. The molecule has 0 spiro atoms. The van der Waals surface area contributed by atoms with Gasteiger partial charge in [-0.05, 0) is 49.4 Å². The normalized spacial score (nSPS) is 33.0. The summed E-state index contributed by atoms with van der Waals surface area (Å²) in [6.45, 7) is 6.37. The van der Waals surface area contributed by atoms with Gasteiger partial charge >= 0.3 is 6.09 Å². The minimum absolute atomic E-state index is 0.0269. The first-order valence-electron chi connectivity index (χ1n) is 14.5. The van der Waals surface area contributed by atoms with Gasteiger partial charge in [-0.3, -0.25) is 14.9 Å². The number of carbonyl (C=O) groups is 3. The van der Waals surface area contributed by atoms with Crippen molar-refractivity contribution >= 4 is 23.6 Å². The summed E-state index contributed by atoms with van der Waals surface area (Å²) in [6, 6.07) is 4.97. The lowest BCUT2D eigenvalue weighted by molar-refractivity contribution is -0.186. The van der Waals surface area contributed by atoms with Crippen LogP contribution in [-0.2, 0) is 14.3 Å². The molecule has 3 aliphatic rings. The summed E-state index contributed by atoms with van der Waals surface area (Å²) in [6.07, 6.45) is 1.37. The Morgan fingerprint density at radius 3 is 2.34 bits per heavy atom. The lowest BCUT2D eigenvalue weighted by atomic mass is 9.46. The van der Waals surface area contributed by atoms with Crippen molar-refractivity contribution < 1.29 is 38.8 Å². The zero-order valence-electron chi connectivity index (χ0n) is 24.8. The van der Waals surface area contributed by atoms with Crippen molar-refractivity contribution in [1.82, 2.24) is 10.2 Å². The summed E-state index contributed by atoms with van der Waals surface area (Å²) in [5, 5.41) is 27.5. The number of nitrogens with zero attached hydrogens (tertiary/aromatic N) is 1. The number of likely N-dealkylation sites (tertiary alicyclic amines) is 1. The number of methoxy groups -OCH3 is 2. The maximum atomic E-state index is 13.4. The second-order valence-electron chi connectivity index (χ2n) is 12.4. The molecule has 0 unspecified atom stereocenters. The summed E-state index contributed by atoms with van der Waals surface area (Å²) in [7, 11) is 3.05. The molecule has 1 heterocycles. The van der Waals surface area contributed by atoms with Crippen LogP contribution in [0.4, 0.5) is 10.5 Å². The molecule has 7 atom stereocenters. The van der Waals surface area contributed by atoms with Crippen molar-refractivity contribution in [2.24, 2.45) is 22.7 Å². The molecule has 4 rings (SSSR count). The van der Waals surface area contributed by atoms with Crippen molar-refractivity contribution in [3.8, 4) is 11.5 Å². The van der Waals surface area contributed by atoms with E-state index in [4.69, 9.17) is 14.2 Å². The number of benzene rings is 1. The highest BCUT2D eigenvalue weighted by Gasteiger charge is 2.60. The van der Waals surface area contributed by atoms with Crippen LogP contribution in [0.3, 0.4) is 0 Å². The lowest BCUT2D eigenvalue weighted by Gasteiger charge is -2.60. The Labute approximate surface area is 241 Å². The SMILES string of the molecule is COc1cc(NC(=O)O[C@@H]2CC[C@]3(C)[C@@H](CC[C@@H](O)[C@H]3CC(=O)N3CC[C@H](NC(C)=O)C3)[C@]2(C)CO)cc(OC)c1. The molecular weight excluding hydrogens is 530 g/mol. The maximum Gasteiger partial charge on any atom is 0.411 e. The zero-order valence-corrected chi connectivity index (χ0v) is 24.8. The van der Waals surface area contributed by atoms with Gasteiger partial charge in [-0.15, -0.1) is 0 Å². The van der Waals surface area contributed by atoms with Crippen molar-refractivity contribution in [3.05, 3.63) is 18.2 Å². The highest BCUT2D eigenvalue weighted by molar-refractivity contribution is 5.85. The molecule has 2 saturated carbocycles. The maximum absolute atomic E-state index is 13.4. The van der Waals surface area contributed by atoms with Gasteiger partial charge in [0.05, 0.1) is 32.6 Å². The van der Waals surface area contributed by atoms with Gasteiger partial charge in [0.25, 0.3) is 0 Å². The van der Waals surface area contributed by atoms with Crippen LogP contribution in [0.2, 0.25) is 0 Å². The number of aliphatic hydroxyl groups is 2. The van der Waals surface area contributed by atoms with Gasteiger partial charge in [-0.2, -0.15) is 0 Å². The van der Waals surface area contributed by atoms with E-state index in [1.807, 2.05) is 6.92 Å². The monoisotopic (exact) mass is 575 g/mol. The average molecular weight is 576 g/mol. The zero-order chi connectivity index (χ0) is 29.9. The van der Waals surface area contributed by atoms with E-state index < -0.39 is 29.1 Å². The van der Waals surface area contributed by atoms with E-state index in [0.717, 1.165) is 0 Å². The predicted octanol–water partition coefficient (Wildman–Crippen LogP) is 2.93. The molecule has 3 amide bonds. The quantitative estimate of drug-likeness (QED) is 0.370. The number of nitrogens with one attached hydrogen (secondary N) is 2. The van der Waals surface area contributed by atoms with Gasteiger partial charge in [0, 0.05) is 56.1 Å². The van der Waals surface area contributed by atoms with Crippen LogP contribution < -0.4 is 20.1 Å². The van der Waals surface area contributed by atoms with Crippen molar-refractivity contribution in [2.45, 2.75) is 77.5 Å². The number of aliphatic hydroxyl groups excluding tert-OH is 2. The van der Waals surface area contributed by atoms with Crippen LogP contribution in [0.25, 0.3) is 0 Å². The molecule has 2 aliphatic carbocycles. The Balaban J connectivity index is 1.46. The lowest BCUT2D eigenvalue weighted by Crippen LogP contribution is -2.61. The molecule has 1 saturated heterocycles. The molecule has 4 N–H and O–H groups in total. The van der Waals surface area contributed by atoms with E-state index in [-0.39, 0.29) is 42.7 Å². The number of rotatable bonds is 8. The number of carbonyl (C=O) groups excluding carboxylic acids is 3. The predicted molar refractivity (Wildman–Crippen MR) is 152 cm³/mol. The molecule has 1 aromatic carbocycles. The van der Waals surface area contributed by atoms with E-state index in [9.17, 15) is 24.6 Å². The van der Waals surface area contributed by atoms with Gasteiger partial charge in [0.2, 0.25) is 11.8 Å². The van der Waals surface area contributed by atoms with Crippen LogP contribution in [0, 0.1) is 22.7 Å². The van der Waals surface area contributed by atoms with Crippen molar-refractivity contribution in [2.75, 3.05) is 39.2 Å². The third kappa shape index (κ3) is 6.40. The van der Waals surface area contributed by atoms with E-state index in [0.29, 0.717) is 62.4 Å². The molecule has 0 aromatic heterocycles. The van der Waals surface area contributed by atoms with E-state index in [2.05, 4.69) is 17.6 Å². The minimum atomic E-state index is -0.762. The van der Waals surface area contributed by atoms with Crippen LogP contribution in [0.5, 0.6) is 11.5 Å². The molecule has 1 aliphatic heterocycles. The van der Waals surface area contributed by atoms with E-state index >= 15 is 0 Å². The highest BCUT2D eigenvalue weighted by Crippen LogP contribution is 2.61. The molecule has 0 bridgehead atoms. The molecule has 1 aromatic rings. The summed E-state index contributed by atoms with van der Waals surface area (Å²) in [5.41, 5.74) is -0.736. The van der Waals surface area contributed by atoms with E-state index in [1.54, 1.807) is 23.1 Å². The van der Waals surface area contributed by atoms with Gasteiger partial charge in [-0.1, -0.05) is 13.8 Å². The van der Waals surface area contributed by atoms with Gasteiger partial charge in [0.1, 0.15) is 17.6 Å². The fourth-order valence-corrected chi connectivity index (χ4v) is 7.65. The topological polar surface area (TPSA) is 147 Å². The fraction of sp³-hybridized carbons (Fsp3) is 0.700. The summed E-state index contributed by atoms with van der Waals surface area (Å²) >= 11 is 0. The Kier molecular flexibility index (Phi) is 9.38. The first-order chi connectivity index (χ1) is 19.4. The third-order valence-corrected chi connectivity index (χ3v) is 9.87. The summed E-state index contributed by atoms with van der Waals surface area (Å²) < 4.78 is 16.5. The van der Waals surface area contributed by atoms with Gasteiger partial charge in [0.15, 0.2) is 0 Å². The molecular formula is C30H45N3O8. The third-order valence-electron chi connectivity index (χ3n) is 9.87. The number of ether oxygens (including phenoxy) is 3. The number of amides is 3. The number of hydrogen-bond donors (Lipinski definition) is 4. The highest BCUT2D eigenvalue weighted by atomic mass is 16.6. The average Bonchev–Trinajstić information content (AvgIpc) is 3.40. The Hall–Kier alpha value is -3.05. The molecule has 228 valence electrons. The van der Waals surface area contributed by atoms with Crippen LogP contribution in [0.1, 0.15) is 59.3 Å². The number of fused-ring (bicyclic) bond motifs is 1. The summed E-state index contributed by atoms with van der Waals surface area (Å²) in [4.78, 5) is 39.6. The molecule has 0 radical (unpaired) electrons. The first-order valence-corrected chi connectivity index (χ1v) is 14.5. The number of hydrogen-bond acceptors (Lipinski definition) is 8. The van der Waals surface area contributed by atoms with Crippen molar-refractivity contribution in [1.29, 1.82) is 0 Å². The smallest absolute Gasteiger partial charge is 0.411 e. The van der Waals surface area contributed by atoms with Gasteiger partial charge in [-0.25, -0.2) is 4.79 Å². The molecule has 11 nitrogen and oxygen atoms in total. The molecule has 11 heteroatoms. The Morgan fingerprint density at radius 1 is 1.05 bits per heavy atom. The second-order valence-corrected chi connectivity index (χ2v) is 12.4.